The number of carbonyl (C=O) groups excluding carboxylic acids is 1. The number of para-hydroxylation sites is 1. The van der Waals surface area contributed by atoms with Crippen molar-refractivity contribution in [2.75, 3.05) is 13.7 Å². The lowest BCUT2D eigenvalue weighted by Crippen LogP contribution is -2.23. The highest BCUT2D eigenvalue weighted by molar-refractivity contribution is 5.92. The van der Waals surface area contributed by atoms with Crippen LogP contribution in [0.3, 0.4) is 0 Å². The predicted molar refractivity (Wildman–Crippen MR) is 95.0 cm³/mol. The van der Waals surface area contributed by atoms with E-state index in [9.17, 15) is 4.79 Å². The second-order valence-electron chi connectivity index (χ2n) is 5.39. The molecule has 0 aliphatic rings. The smallest absolute Gasteiger partial charge is 0.244 e. The average molecular weight is 321 g/mol. The summed E-state index contributed by atoms with van der Waals surface area (Å²) in [4.78, 5) is 11.9. The number of rotatable bonds is 6. The second-order valence-corrected chi connectivity index (χ2v) is 5.39. The van der Waals surface area contributed by atoms with Gasteiger partial charge in [0.05, 0.1) is 7.11 Å². The molecule has 3 rings (SSSR count). The maximum Gasteiger partial charge on any atom is 0.244 e. The molecular formula is C20H19NO3. The SMILES string of the molecule is COc1cccc2cc(/C=C/C(=O)NCCc3ccccc3)oc12. The molecule has 0 aliphatic carbocycles. The molecule has 0 fully saturated rings. The number of ether oxygens (including phenoxy) is 1. The maximum absolute atomic E-state index is 11.9. The fourth-order valence-corrected chi connectivity index (χ4v) is 2.49. The van der Waals surface area contributed by atoms with Crippen molar-refractivity contribution in [1.29, 1.82) is 0 Å². The number of amides is 1. The van der Waals surface area contributed by atoms with Crippen LogP contribution in [-0.2, 0) is 11.2 Å². The van der Waals surface area contributed by atoms with Crippen LogP contribution in [0.2, 0.25) is 0 Å². The number of hydrogen-bond donors (Lipinski definition) is 1. The molecule has 3 aromatic rings. The van der Waals surface area contributed by atoms with Crippen LogP contribution in [0.4, 0.5) is 0 Å². The highest BCUT2D eigenvalue weighted by Gasteiger charge is 2.07. The number of benzene rings is 2. The number of carbonyl (C=O) groups is 1. The average Bonchev–Trinajstić information content (AvgIpc) is 3.04. The van der Waals surface area contributed by atoms with E-state index < -0.39 is 0 Å². The van der Waals surface area contributed by atoms with Gasteiger partial charge in [0.1, 0.15) is 5.76 Å². The van der Waals surface area contributed by atoms with Gasteiger partial charge in [-0.3, -0.25) is 4.79 Å². The molecule has 4 nitrogen and oxygen atoms in total. The van der Waals surface area contributed by atoms with Crippen molar-refractivity contribution in [2.24, 2.45) is 0 Å². The van der Waals surface area contributed by atoms with Crippen molar-refractivity contribution in [2.45, 2.75) is 6.42 Å². The number of furan rings is 1. The molecule has 4 heteroatoms. The van der Waals surface area contributed by atoms with E-state index in [0.717, 1.165) is 11.8 Å². The zero-order valence-corrected chi connectivity index (χ0v) is 13.5. The van der Waals surface area contributed by atoms with E-state index in [1.807, 2.05) is 54.6 Å². The van der Waals surface area contributed by atoms with Crippen molar-refractivity contribution in [3.05, 3.63) is 72.0 Å². The van der Waals surface area contributed by atoms with Crippen LogP contribution in [0.25, 0.3) is 17.0 Å². The highest BCUT2D eigenvalue weighted by Crippen LogP contribution is 2.28. The summed E-state index contributed by atoms with van der Waals surface area (Å²) < 4.78 is 11.0. The number of fused-ring (bicyclic) bond motifs is 1. The van der Waals surface area contributed by atoms with Crippen LogP contribution in [0.15, 0.2) is 65.1 Å². The van der Waals surface area contributed by atoms with E-state index in [0.29, 0.717) is 23.6 Å². The molecule has 122 valence electrons. The minimum absolute atomic E-state index is 0.140. The molecule has 0 saturated carbocycles. The van der Waals surface area contributed by atoms with E-state index in [1.54, 1.807) is 13.2 Å². The molecule has 0 saturated heterocycles. The standard InChI is InChI=1S/C20H19NO3/c1-23-18-9-5-8-16-14-17(24-20(16)18)10-11-19(22)21-13-12-15-6-3-2-4-7-15/h2-11,14H,12-13H2,1H3,(H,21,22)/b11-10+. The minimum Gasteiger partial charge on any atom is -0.493 e. The summed E-state index contributed by atoms with van der Waals surface area (Å²) in [5.74, 6) is 1.16. The van der Waals surface area contributed by atoms with Gasteiger partial charge in [0.15, 0.2) is 11.3 Å². The van der Waals surface area contributed by atoms with E-state index in [-0.39, 0.29) is 5.91 Å². The summed E-state index contributed by atoms with van der Waals surface area (Å²) in [5.41, 5.74) is 1.88. The third-order valence-corrected chi connectivity index (χ3v) is 3.70. The third-order valence-electron chi connectivity index (χ3n) is 3.70. The van der Waals surface area contributed by atoms with Crippen molar-refractivity contribution in [1.82, 2.24) is 5.32 Å². The molecule has 24 heavy (non-hydrogen) atoms. The van der Waals surface area contributed by atoms with E-state index in [2.05, 4.69) is 5.32 Å². The van der Waals surface area contributed by atoms with Crippen LogP contribution in [0, 0.1) is 0 Å². The summed E-state index contributed by atoms with van der Waals surface area (Å²) in [6.45, 7) is 0.598. The van der Waals surface area contributed by atoms with Gasteiger partial charge in [-0.25, -0.2) is 0 Å². The van der Waals surface area contributed by atoms with Crippen molar-refractivity contribution in [3.8, 4) is 5.75 Å². The van der Waals surface area contributed by atoms with Gasteiger partial charge in [0.25, 0.3) is 0 Å². The molecule has 0 aliphatic heterocycles. The van der Waals surface area contributed by atoms with E-state index in [1.165, 1.54) is 11.6 Å². The number of hydrogen-bond acceptors (Lipinski definition) is 3. The Morgan fingerprint density at radius 3 is 2.79 bits per heavy atom. The molecule has 1 amide bonds. The molecule has 0 unspecified atom stereocenters. The molecule has 0 bridgehead atoms. The Morgan fingerprint density at radius 1 is 1.17 bits per heavy atom. The molecular weight excluding hydrogens is 302 g/mol. The van der Waals surface area contributed by atoms with Gasteiger partial charge in [-0.1, -0.05) is 42.5 Å². The van der Waals surface area contributed by atoms with Crippen molar-refractivity contribution < 1.29 is 13.9 Å². The quantitative estimate of drug-likeness (QED) is 0.702. The topological polar surface area (TPSA) is 51.5 Å². The molecule has 0 radical (unpaired) electrons. The van der Waals surface area contributed by atoms with Crippen LogP contribution in [-0.4, -0.2) is 19.6 Å². The Hall–Kier alpha value is -3.01. The summed E-state index contributed by atoms with van der Waals surface area (Å²) >= 11 is 0. The third kappa shape index (κ3) is 3.84. The number of methoxy groups -OCH3 is 1. The maximum atomic E-state index is 11.9. The molecule has 1 N–H and O–H groups in total. The summed E-state index contributed by atoms with van der Waals surface area (Å²) in [7, 11) is 1.60. The summed E-state index contributed by atoms with van der Waals surface area (Å²) in [6.07, 6.45) is 3.95. The van der Waals surface area contributed by atoms with Crippen molar-refractivity contribution in [3.63, 3.8) is 0 Å². The molecule has 0 atom stereocenters. The zero-order chi connectivity index (χ0) is 16.8. The Kier molecular flexibility index (Phi) is 4.96. The summed E-state index contributed by atoms with van der Waals surface area (Å²) in [6, 6.07) is 17.6. The lowest BCUT2D eigenvalue weighted by Gasteiger charge is -2.02. The minimum atomic E-state index is -0.140. The van der Waals surface area contributed by atoms with Gasteiger partial charge in [-0.2, -0.15) is 0 Å². The van der Waals surface area contributed by atoms with Gasteiger partial charge in [0.2, 0.25) is 5.91 Å². The Labute approximate surface area is 140 Å². The van der Waals surface area contributed by atoms with Crippen LogP contribution >= 0.6 is 0 Å². The number of nitrogens with one attached hydrogen (secondary N) is 1. The molecule has 1 aromatic heterocycles. The molecule has 2 aromatic carbocycles. The highest BCUT2D eigenvalue weighted by atomic mass is 16.5. The fraction of sp³-hybridized carbons (Fsp3) is 0.150. The van der Waals surface area contributed by atoms with Crippen molar-refractivity contribution >= 4 is 23.0 Å². The normalized spacial score (nSPS) is 11.0. The van der Waals surface area contributed by atoms with E-state index >= 15 is 0 Å². The fourth-order valence-electron chi connectivity index (χ4n) is 2.49. The van der Waals surface area contributed by atoms with Crippen LogP contribution in [0.5, 0.6) is 5.75 Å². The van der Waals surface area contributed by atoms with Crippen LogP contribution in [0.1, 0.15) is 11.3 Å². The van der Waals surface area contributed by atoms with Crippen LogP contribution < -0.4 is 10.1 Å². The summed E-state index contributed by atoms with van der Waals surface area (Å²) in [5, 5.41) is 3.81. The molecule has 1 heterocycles. The lowest BCUT2D eigenvalue weighted by atomic mass is 10.1. The van der Waals surface area contributed by atoms with E-state index in [4.69, 9.17) is 9.15 Å². The second kappa shape index (κ2) is 7.51. The monoisotopic (exact) mass is 321 g/mol. The van der Waals surface area contributed by atoms with Gasteiger partial charge >= 0.3 is 0 Å². The Balaban J connectivity index is 1.58. The van der Waals surface area contributed by atoms with Gasteiger partial charge in [0, 0.05) is 18.0 Å². The Morgan fingerprint density at radius 2 is 2.00 bits per heavy atom. The van der Waals surface area contributed by atoms with Gasteiger partial charge < -0.3 is 14.5 Å². The van der Waals surface area contributed by atoms with Gasteiger partial charge in [-0.15, -0.1) is 0 Å². The first-order valence-electron chi connectivity index (χ1n) is 7.82. The predicted octanol–water partition coefficient (Wildman–Crippen LogP) is 3.81. The Bertz CT molecular complexity index is 850. The first-order valence-corrected chi connectivity index (χ1v) is 7.82. The molecule has 0 spiro atoms. The van der Waals surface area contributed by atoms with Gasteiger partial charge in [-0.05, 0) is 30.2 Å². The largest absolute Gasteiger partial charge is 0.493 e. The first-order chi connectivity index (χ1) is 11.8. The first kappa shape index (κ1) is 15.9. The zero-order valence-electron chi connectivity index (χ0n) is 13.5. The lowest BCUT2D eigenvalue weighted by molar-refractivity contribution is -0.116.